The Kier molecular flexibility index (Phi) is 5.80. The van der Waals surface area contributed by atoms with Crippen LogP contribution in [0.2, 0.25) is 0 Å². The van der Waals surface area contributed by atoms with Gasteiger partial charge in [-0.15, -0.1) is 12.4 Å². The van der Waals surface area contributed by atoms with Gasteiger partial charge < -0.3 is 5.73 Å². The van der Waals surface area contributed by atoms with E-state index in [1.54, 1.807) is 0 Å². The zero-order chi connectivity index (χ0) is 13.8. The summed E-state index contributed by atoms with van der Waals surface area (Å²) in [5.74, 6) is 1.14. The number of benzene rings is 2. The molecule has 1 heterocycles. The van der Waals surface area contributed by atoms with Crippen molar-refractivity contribution >= 4 is 12.4 Å². The molecule has 2 N–H and O–H groups in total. The number of nitrogens with two attached hydrogens (primary N) is 1. The Labute approximate surface area is 133 Å². The molecule has 0 bridgehead atoms. The third-order valence-electron chi connectivity index (χ3n) is 4.30. The van der Waals surface area contributed by atoms with Crippen molar-refractivity contribution in [3.63, 3.8) is 0 Å². The lowest BCUT2D eigenvalue weighted by Gasteiger charge is -2.16. The second-order valence-electron chi connectivity index (χ2n) is 5.69. The summed E-state index contributed by atoms with van der Waals surface area (Å²) in [6.07, 6.45) is 0. The van der Waals surface area contributed by atoms with E-state index in [0.29, 0.717) is 11.8 Å². The third kappa shape index (κ3) is 3.85. The van der Waals surface area contributed by atoms with Gasteiger partial charge >= 0.3 is 0 Å². The van der Waals surface area contributed by atoms with Crippen LogP contribution in [0.15, 0.2) is 60.7 Å². The Balaban J connectivity index is 0.00000161. The second-order valence-corrected chi connectivity index (χ2v) is 5.69. The summed E-state index contributed by atoms with van der Waals surface area (Å²) in [7, 11) is 0. The lowest BCUT2D eigenvalue weighted by molar-refractivity contribution is 0.317. The minimum atomic E-state index is 0. The zero-order valence-corrected chi connectivity index (χ0v) is 13.0. The Morgan fingerprint density at radius 2 is 1.52 bits per heavy atom. The SMILES string of the molecule is Cl.NC[C@@H]1CN(Cc2ccccc2)C[C@H]1c1ccccc1. The summed E-state index contributed by atoms with van der Waals surface area (Å²) >= 11 is 0. The monoisotopic (exact) mass is 302 g/mol. The molecule has 21 heavy (non-hydrogen) atoms. The molecule has 2 atom stereocenters. The number of hydrogen-bond acceptors (Lipinski definition) is 2. The minimum absolute atomic E-state index is 0. The van der Waals surface area contributed by atoms with Crippen LogP contribution < -0.4 is 5.73 Å². The topological polar surface area (TPSA) is 29.3 Å². The molecule has 0 amide bonds. The van der Waals surface area contributed by atoms with Crippen LogP contribution in [-0.4, -0.2) is 24.5 Å². The quantitative estimate of drug-likeness (QED) is 0.939. The third-order valence-corrected chi connectivity index (χ3v) is 4.30. The highest BCUT2D eigenvalue weighted by molar-refractivity contribution is 5.85. The summed E-state index contributed by atoms with van der Waals surface area (Å²) in [4.78, 5) is 2.53. The number of hydrogen-bond donors (Lipinski definition) is 1. The first-order chi connectivity index (χ1) is 9.86. The van der Waals surface area contributed by atoms with Crippen molar-refractivity contribution in [2.45, 2.75) is 12.5 Å². The normalized spacial score (nSPS) is 22.0. The lowest BCUT2D eigenvalue weighted by atomic mass is 9.89. The fourth-order valence-electron chi connectivity index (χ4n) is 3.25. The maximum atomic E-state index is 5.99. The van der Waals surface area contributed by atoms with E-state index in [2.05, 4.69) is 65.6 Å². The Bertz CT molecular complexity index is 529. The molecule has 0 aliphatic carbocycles. The molecule has 0 spiro atoms. The van der Waals surface area contributed by atoms with Crippen LogP contribution in [-0.2, 0) is 6.54 Å². The molecule has 3 rings (SSSR count). The van der Waals surface area contributed by atoms with Crippen molar-refractivity contribution in [3.05, 3.63) is 71.8 Å². The van der Waals surface area contributed by atoms with Gasteiger partial charge in [-0.1, -0.05) is 60.7 Å². The predicted octanol–water partition coefficient (Wildman–Crippen LogP) is 3.28. The Morgan fingerprint density at radius 1 is 0.905 bits per heavy atom. The summed E-state index contributed by atoms with van der Waals surface area (Å²) in [6, 6.07) is 21.5. The van der Waals surface area contributed by atoms with Gasteiger partial charge in [-0.05, 0) is 23.6 Å². The maximum Gasteiger partial charge on any atom is 0.0234 e. The molecular formula is C18H23ClN2. The highest BCUT2D eigenvalue weighted by Crippen LogP contribution is 2.32. The second kappa shape index (κ2) is 7.60. The first-order valence-corrected chi connectivity index (χ1v) is 7.38. The molecule has 3 heteroatoms. The van der Waals surface area contributed by atoms with Gasteiger partial charge in [-0.2, -0.15) is 0 Å². The van der Waals surface area contributed by atoms with Crippen LogP contribution in [0, 0.1) is 5.92 Å². The van der Waals surface area contributed by atoms with E-state index in [1.165, 1.54) is 11.1 Å². The Hall–Kier alpha value is -1.35. The van der Waals surface area contributed by atoms with Crippen molar-refractivity contribution in [1.29, 1.82) is 0 Å². The minimum Gasteiger partial charge on any atom is -0.330 e. The van der Waals surface area contributed by atoms with Gasteiger partial charge in [-0.3, -0.25) is 4.90 Å². The van der Waals surface area contributed by atoms with Crippen LogP contribution in [0.4, 0.5) is 0 Å². The van der Waals surface area contributed by atoms with Crippen molar-refractivity contribution < 1.29 is 0 Å². The largest absolute Gasteiger partial charge is 0.330 e. The number of halogens is 1. The van der Waals surface area contributed by atoms with Gasteiger partial charge in [0.1, 0.15) is 0 Å². The Morgan fingerprint density at radius 3 is 2.14 bits per heavy atom. The first kappa shape index (κ1) is 16.0. The van der Waals surface area contributed by atoms with Crippen LogP contribution in [0.1, 0.15) is 17.0 Å². The molecule has 1 aliphatic heterocycles. The molecule has 1 fully saturated rings. The number of likely N-dealkylation sites (tertiary alicyclic amines) is 1. The summed E-state index contributed by atoms with van der Waals surface area (Å²) in [6.45, 7) is 4.01. The van der Waals surface area contributed by atoms with Gasteiger partial charge in [0, 0.05) is 25.6 Å². The number of rotatable bonds is 4. The van der Waals surface area contributed by atoms with E-state index in [1.807, 2.05) is 0 Å². The van der Waals surface area contributed by atoms with E-state index in [0.717, 1.165) is 26.2 Å². The zero-order valence-electron chi connectivity index (χ0n) is 12.2. The van der Waals surface area contributed by atoms with Crippen LogP contribution >= 0.6 is 12.4 Å². The highest BCUT2D eigenvalue weighted by Gasteiger charge is 2.32. The maximum absolute atomic E-state index is 5.99. The summed E-state index contributed by atoms with van der Waals surface area (Å²) in [5.41, 5.74) is 8.81. The fraction of sp³-hybridized carbons (Fsp3) is 0.333. The van der Waals surface area contributed by atoms with Crippen molar-refractivity contribution in [3.8, 4) is 0 Å². The standard InChI is InChI=1S/C18H22N2.ClH/c19-11-17-13-20(12-15-7-3-1-4-8-15)14-18(17)16-9-5-2-6-10-16;/h1-10,17-18H,11-14,19H2;1H/t17-,18+;/m1./s1. The van der Waals surface area contributed by atoms with E-state index in [9.17, 15) is 0 Å². The van der Waals surface area contributed by atoms with E-state index in [-0.39, 0.29) is 12.4 Å². The van der Waals surface area contributed by atoms with Gasteiger partial charge in [0.05, 0.1) is 0 Å². The molecule has 2 aromatic rings. The lowest BCUT2D eigenvalue weighted by Crippen LogP contribution is -2.23. The van der Waals surface area contributed by atoms with Crippen LogP contribution in [0.3, 0.4) is 0 Å². The molecule has 2 nitrogen and oxygen atoms in total. The summed E-state index contributed by atoms with van der Waals surface area (Å²) in [5, 5.41) is 0. The molecule has 2 aromatic carbocycles. The number of nitrogens with zero attached hydrogens (tertiary/aromatic N) is 1. The van der Waals surface area contributed by atoms with Crippen LogP contribution in [0.25, 0.3) is 0 Å². The van der Waals surface area contributed by atoms with Gasteiger partial charge in [0.15, 0.2) is 0 Å². The fourth-order valence-corrected chi connectivity index (χ4v) is 3.25. The van der Waals surface area contributed by atoms with Gasteiger partial charge in [0.25, 0.3) is 0 Å². The molecule has 0 unspecified atom stereocenters. The molecule has 112 valence electrons. The van der Waals surface area contributed by atoms with E-state index >= 15 is 0 Å². The van der Waals surface area contributed by atoms with E-state index in [4.69, 9.17) is 5.73 Å². The predicted molar refractivity (Wildman–Crippen MR) is 90.7 cm³/mol. The first-order valence-electron chi connectivity index (χ1n) is 7.38. The molecule has 0 radical (unpaired) electrons. The van der Waals surface area contributed by atoms with E-state index < -0.39 is 0 Å². The highest BCUT2D eigenvalue weighted by atomic mass is 35.5. The van der Waals surface area contributed by atoms with Crippen molar-refractivity contribution in [2.75, 3.05) is 19.6 Å². The molecule has 1 saturated heterocycles. The molecule has 0 aromatic heterocycles. The summed E-state index contributed by atoms with van der Waals surface area (Å²) < 4.78 is 0. The molecular weight excluding hydrogens is 280 g/mol. The van der Waals surface area contributed by atoms with Crippen molar-refractivity contribution in [1.82, 2.24) is 4.90 Å². The van der Waals surface area contributed by atoms with Crippen molar-refractivity contribution in [2.24, 2.45) is 11.7 Å². The molecule has 1 aliphatic rings. The average molecular weight is 303 g/mol. The average Bonchev–Trinajstić information content (AvgIpc) is 2.92. The van der Waals surface area contributed by atoms with Gasteiger partial charge in [-0.25, -0.2) is 0 Å². The molecule has 0 saturated carbocycles. The smallest absolute Gasteiger partial charge is 0.0234 e. The van der Waals surface area contributed by atoms with Crippen LogP contribution in [0.5, 0.6) is 0 Å². The van der Waals surface area contributed by atoms with Gasteiger partial charge in [0.2, 0.25) is 0 Å².